The van der Waals surface area contributed by atoms with Gasteiger partial charge >= 0.3 is 0 Å². The van der Waals surface area contributed by atoms with E-state index in [0.717, 1.165) is 22.0 Å². The van der Waals surface area contributed by atoms with Gasteiger partial charge in [0, 0.05) is 37.9 Å². The van der Waals surface area contributed by atoms with Crippen LogP contribution in [-0.2, 0) is 14.8 Å². The minimum absolute atomic E-state index is 0.220. The van der Waals surface area contributed by atoms with Crippen LogP contribution in [0.5, 0.6) is 11.5 Å². The van der Waals surface area contributed by atoms with Gasteiger partial charge in [-0.3, -0.25) is 9.10 Å². The Kier molecular flexibility index (Phi) is 6.94. The molecule has 0 bridgehead atoms. The van der Waals surface area contributed by atoms with Crippen LogP contribution in [0.2, 0.25) is 0 Å². The summed E-state index contributed by atoms with van der Waals surface area (Å²) in [5.74, 6) is 1.10. The number of piperazine rings is 1. The molecule has 8 nitrogen and oxygen atoms in total. The summed E-state index contributed by atoms with van der Waals surface area (Å²) in [4.78, 5) is 17.1. The van der Waals surface area contributed by atoms with Crippen molar-refractivity contribution in [1.82, 2.24) is 4.90 Å². The maximum atomic E-state index is 13.2. The Morgan fingerprint density at radius 2 is 1.58 bits per heavy atom. The molecule has 0 N–H and O–H groups in total. The second-order valence-corrected chi connectivity index (χ2v) is 9.31. The van der Waals surface area contributed by atoms with E-state index in [9.17, 15) is 13.2 Å². The molecule has 0 aliphatic carbocycles. The van der Waals surface area contributed by atoms with E-state index < -0.39 is 16.1 Å². The maximum absolute atomic E-state index is 13.2. The van der Waals surface area contributed by atoms with E-state index in [0.29, 0.717) is 37.6 Å². The number of amides is 1. The molecule has 9 heteroatoms. The molecule has 1 heterocycles. The fraction of sp³-hybridized carbons (Fsp3) is 0.409. The lowest BCUT2D eigenvalue weighted by atomic mass is 10.2. The van der Waals surface area contributed by atoms with E-state index in [1.807, 2.05) is 24.3 Å². The van der Waals surface area contributed by atoms with Crippen molar-refractivity contribution in [3.63, 3.8) is 0 Å². The second-order valence-electron chi connectivity index (χ2n) is 7.45. The van der Waals surface area contributed by atoms with Crippen molar-refractivity contribution in [2.45, 2.75) is 13.0 Å². The van der Waals surface area contributed by atoms with Crippen molar-refractivity contribution < 1.29 is 22.7 Å². The van der Waals surface area contributed by atoms with Gasteiger partial charge in [-0.15, -0.1) is 0 Å². The van der Waals surface area contributed by atoms with Crippen LogP contribution in [0.25, 0.3) is 0 Å². The first kappa shape index (κ1) is 22.7. The van der Waals surface area contributed by atoms with Crippen LogP contribution in [0.3, 0.4) is 0 Å². The number of hydrogen-bond acceptors (Lipinski definition) is 6. The highest BCUT2D eigenvalue weighted by Gasteiger charge is 2.33. The molecule has 1 fully saturated rings. The highest BCUT2D eigenvalue weighted by atomic mass is 32.2. The average Bonchev–Trinajstić information content (AvgIpc) is 2.78. The van der Waals surface area contributed by atoms with E-state index in [1.54, 1.807) is 43.2 Å². The highest BCUT2D eigenvalue weighted by Crippen LogP contribution is 2.26. The Hall–Kier alpha value is -2.94. The number of nitrogens with zero attached hydrogens (tertiary/aromatic N) is 3. The van der Waals surface area contributed by atoms with Crippen molar-refractivity contribution in [3.05, 3.63) is 48.5 Å². The van der Waals surface area contributed by atoms with Crippen molar-refractivity contribution in [2.24, 2.45) is 0 Å². The molecule has 3 rings (SSSR count). The Bertz CT molecular complexity index is 1000. The molecule has 168 valence electrons. The number of rotatable bonds is 7. The molecular formula is C22H29N3O5S. The summed E-state index contributed by atoms with van der Waals surface area (Å²) in [7, 11) is -0.533. The molecular weight excluding hydrogens is 418 g/mol. The Balaban J connectivity index is 1.72. The average molecular weight is 448 g/mol. The lowest BCUT2D eigenvalue weighted by Gasteiger charge is -2.39. The van der Waals surface area contributed by atoms with E-state index >= 15 is 0 Å². The van der Waals surface area contributed by atoms with Crippen LogP contribution < -0.4 is 18.7 Å². The molecule has 0 radical (unpaired) electrons. The molecule has 0 saturated carbocycles. The third kappa shape index (κ3) is 5.22. The van der Waals surface area contributed by atoms with Crippen LogP contribution in [-0.4, -0.2) is 71.9 Å². The molecule has 1 aliphatic heterocycles. The summed E-state index contributed by atoms with van der Waals surface area (Å²) in [5.41, 5.74) is 1.47. The van der Waals surface area contributed by atoms with Crippen LogP contribution in [0.1, 0.15) is 6.92 Å². The Morgan fingerprint density at radius 3 is 2.13 bits per heavy atom. The molecule has 31 heavy (non-hydrogen) atoms. The van der Waals surface area contributed by atoms with E-state index in [-0.39, 0.29) is 5.91 Å². The first-order chi connectivity index (χ1) is 14.7. The van der Waals surface area contributed by atoms with Crippen LogP contribution >= 0.6 is 0 Å². The fourth-order valence-electron chi connectivity index (χ4n) is 3.79. The summed E-state index contributed by atoms with van der Waals surface area (Å²) in [6, 6.07) is 13.7. The lowest BCUT2D eigenvalue weighted by molar-refractivity contribution is -0.132. The zero-order chi connectivity index (χ0) is 22.6. The minimum Gasteiger partial charge on any atom is -0.497 e. The number of ether oxygens (including phenoxy) is 2. The van der Waals surface area contributed by atoms with Gasteiger partial charge in [0.2, 0.25) is 15.9 Å². The minimum atomic E-state index is -3.68. The number of methoxy groups -OCH3 is 2. The van der Waals surface area contributed by atoms with Gasteiger partial charge < -0.3 is 19.3 Å². The molecule has 0 aromatic heterocycles. The molecule has 1 amide bonds. The van der Waals surface area contributed by atoms with Gasteiger partial charge in [-0.25, -0.2) is 8.42 Å². The monoisotopic (exact) mass is 447 g/mol. The fourth-order valence-corrected chi connectivity index (χ4v) is 4.95. The van der Waals surface area contributed by atoms with Crippen molar-refractivity contribution in [2.75, 3.05) is 55.9 Å². The zero-order valence-corrected chi connectivity index (χ0v) is 19.1. The third-order valence-electron chi connectivity index (χ3n) is 5.40. The highest BCUT2D eigenvalue weighted by molar-refractivity contribution is 7.92. The van der Waals surface area contributed by atoms with Gasteiger partial charge in [0.15, 0.2) is 0 Å². The smallest absolute Gasteiger partial charge is 0.246 e. The van der Waals surface area contributed by atoms with Gasteiger partial charge in [0.05, 0.1) is 26.2 Å². The number of carbonyl (C=O) groups is 1. The summed E-state index contributed by atoms with van der Waals surface area (Å²) in [6.45, 7) is 4.00. The molecule has 1 saturated heterocycles. The van der Waals surface area contributed by atoms with Crippen LogP contribution in [0.15, 0.2) is 48.5 Å². The van der Waals surface area contributed by atoms with Gasteiger partial charge in [0.1, 0.15) is 17.5 Å². The number of sulfonamides is 1. The van der Waals surface area contributed by atoms with E-state index in [4.69, 9.17) is 9.47 Å². The number of carbonyl (C=O) groups excluding carboxylic acids is 1. The lowest BCUT2D eigenvalue weighted by Crippen LogP contribution is -2.55. The quantitative estimate of drug-likeness (QED) is 0.648. The molecule has 1 unspecified atom stereocenters. The predicted molar refractivity (Wildman–Crippen MR) is 122 cm³/mol. The van der Waals surface area contributed by atoms with Gasteiger partial charge in [-0.2, -0.15) is 0 Å². The molecule has 1 atom stereocenters. The summed E-state index contributed by atoms with van der Waals surface area (Å²) in [5, 5.41) is 0. The largest absolute Gasteiger partial charge is 0.497 e. The number of benzene rings is 2. The van der Waals surface area contributed by atoms with Crippen molar-refractivity contribution >= 4 is 27.3 Å². The topological polar surface area (TPSA) is 79.4 Å². The molecule has 2 aromatic rings. The molecule has 1 aliphatic rings. The Morgan fingerprint density at radius 1 is 0.968 bits per heavy atom. The second kappa shape index (κ2) is 9.47. The summed E-state index contributed by atoms with van der Waals surface area (Å²) >= 11 is 0. The Labute approximate surface area is 184 Å². The first-order valence-electron chi connectivity index (χ1n) is 10.1. The van der Waals surface area contributed by atoms with Crippen LogP contribution in [0, 0.1) is 0 Å². The predicted octanol–water partition coefficient (Wildman–Crippen LogP) is 2.21. The van der Waals surface area contributed by atoms with Gasteiger partial charge in [-0.1, -0.05) is 6.07 Å². The standard InChI is InChI=1S/C22H29N3O5S/c1-17(25(31(4,27)28)19-6-5-7-21(16-19)30-3)22(26)24-14-12-23(13-15-24)18-8-10-20(29-2)11-9-18/h5-11,16-17H,12-15H2,1-4H3. The van der Waals surface area contributed by atoms with Crippen molar-refractivity contribution in [1.29, 1.82) is 0 Å². The van der Waals surface area contributed by atoms with Gasteiger partial charge in [0.25, 0.3) is 0 Å². The molecule has 0 spiro atoms. The first-order valence-corrected chi connectivity index (χ1v) is 11.9. The summed E-state index contributed by atoms with van der Waals surface area (Å²) < 4.78 is 36.7. The zero-order valence-electron chi connectivity index (χ0n) is 18.3. The number of hydrogen-bond donors (Lipinski definition) is 0. The van der Waals surface area contributed by atoms with E-state index in [1.165, 1.54) is 7.11 Å². The van der Waals surface area contributed by atoms with Gasteiger partial charge in [-0.05, 0) is 43.3 Å². The van der Waals surface area contributed by atoms with E-state index in [2.05, 4.69) is 4.90 Å². The summed E-state index contributed by atoms with van der Waals surface area (Å²) in [6.07, 6.45) is 1.11. The van der Waals surface area contributed by atoms with Crippen molar-refractivity contribution in [3.8, 4) is 11.5 Å². The normalized spacial score (nSPS) is 15.4. The number of anilines is 2. The SMILES string of the molecule is COc1ccc(N2CCN(C(=O)C(C)N(c3cccc(OC)c3)S(C)(=O)=O)CC2)cc1. The maximum Gasteiger partial charge on any atom is 0.246 e. The third-order valence-corrected chi connectivity index (χ3v) is 6.64. The van der Waals surface area contributed by atoms with Crippen LogP contribution in [0.4, 0.5) is 11.4 Å². The molecule has 2 aromatic carbocycles.